The van der Waals surface area contributed by atoms with E-state index in [9.17, 15) is 24.3 Å². The summed E-state index contributed by atoms with van der Waals surface area (Å²) in [7, 11) is 0. The Morgan fingerprint density at radius 3 is 2.50 bits per heavy atom. The minimum absolute atomic E-state index is 0.0258. The zero-order valence-electron chi connectivity index (χ0n) is 22.3. The highest BCUT2D eigenvalue weighted by Gasteiger charge is 2.31. The van der Waals surface area contributed by atoms with Gasteiger partial charge in [0.2, 0.25) is 11.8 Å². The van der Waals surface area contributed by atoms with E-state index in [0.29, 0.717) is 25.2 Å². The first kappa shape index (κ1) is 29.9. The van der Waals surface area contributed by atoms with Crippen LogP contribution in [0.3, 0.4) is 0 Å². The van der Waals surface area contributed by atoms with Crippen LogP contribution in [-0.2, 0) is 28.9 Å². The molecule has 1 saturated heterocycles. The molecule has 3 aromatic rings. The largest absolute Gasteiger partial charge is 0.507 e. The highest BCUT2D eigenvalue weighted by atomic mass is 32.2. The number of ether oxygens (including phenoxy) is 1. The molecule has 0 aliphatic carbocycles. The molecule has 216 valence electrons. The molecule has 42 heavy (non-hydrogen) atoms. The number of aromatic hydroxyl groups is 1. The van der Waals surface area contributed by atoms with Crippen LogP contribution in [0.25, 0.3) is 10.4 Å². The molecular formula is C28H27N7O6S. The van der Waals surface area contributed by atoms with Gasteiger partial charge in [0.05, 0.1) is 23.8 Å². The number of carbonyl (C=O) groups is 4. The average Bonchev–Trinajstić information content (AvgIpc) is 3.29. The number of hydrogen-bond donors (Lipinski definition) is 4. The number of azide groups is 1. The summed E-state index contributed by atoms with van der Waals surface area (Å²) in [6.45, 7) is 0.753. The summed E-state index contributed by atoms with van der Waals surface area (Å²) in [5, 5.41) is 20.2. The SMILES string of the molecule is [N-]=[N+]=Nc1ccc(C(=O)NCCNC(=O)Cc2ccc(CCOc3ccc(CC4SC(=O)NC4=O)cc3)nc2)c(O)c1. The first-order valence-corrected chi connectivity index (χ1v) is 13.8. The van der Waals surface area contributed by atoms with Gasteiger partial charge in [0.15, 0.2) is 0 Å². The van der Waals surface area contributed by atoms with Crippen LogP contribution in [0.2, 0.25) is 0 Å². The van der Waals surface area contributed by atoms with Crippen LogP contribution in [0.5, 0.6) is 11.5 Å². The summed E-state index contributed by atoms with van der Waals surface area (Å²) in [6.07, 6.45) is 2.80. The minimum Gasteiger partial charge on any atom is -0.507 e. The number of imide groups is 1. The fourth-order valence-corrected chi connectivity index (χ4v) is 4.85. The molecule has 1 fully saturated rings. The van der Waals surface area contributed by atoms with Gasteiger partial charge in [0.25, 0.3) is 11.1 Å². The molecule has 4 rings (SSSR count). The second-order valence-electron chi connectivity index (χ2n) is 9.16. The predicted octanol–water partition coefficient (Wildman–Crippen LogP) is 3.33. The van der Waals surface area contributed by atoms with Crippen LogP contribution in [0.15, 0.2) is 65.9 Å². The zero-order valence-corrected chi connectivity index (χ0v) is 23.1. The first-order chi connectivity index (χ1) is 20.3. The lowest BCUT2D eigenvalue weighted by atomic mass is 10.1. The van der Waals surface area contributed by atoms with Crippen molar-refractivity contribution in [2.24, 2.45) is 5.11 Å². The van der Waals surface area contributed by atoms with Crippen LogP contribution in [0.1, 0.15) is 27.2 Å². The van der Waals surface area contributed by atoms with Crippen LogP contribution in [-0.4, -0.2) is 58.0 Å². The van der Waals surface area contributed by atoms with Crippen LogP contribution in [0, 0.1) is 0 Å². The molecule has 1 aliphatic heterocycles. The van der Waals surface area contributed by atoms with Gasteiger partial charge < -0.3 is 20.5 Å². The van der Waals surface area contributed by atoms with Gasteiger partial charge in [-0.3, -0.25) is 29.5 Å². The molecule has 4 amide bonds. The molecule has 13 nitrogen and oxygen atoms in total. The van der Waals surface area contributed by atoms with Gasteiger partial charge in [-0.1, -0.05) is 41.1 Å². The maximum Gasteiger partial charge on any atom is 0.286 e. The van der Waals surface area contributed by atoms with E-state index in [2.05, 4.69) is 31.0 Å². The number of amides is 4. The van der Waals surface area contributed by atoms with Crippen molar-refractivity contribution in [1.29, 1.82) is 0 Å². The van der Waals surface area contributed by atoms with E-state index >= 15 is 0 Å². The summed E-state index contributed by atoms with van der Waals surface area (Å²) in [5.41, 5.74) is 11.1. The van der Waals surface area contributed by atoms with Crippen molar-refractivity contribution in [1.82, 2.24) is 20.9 Å². The molecule has 0 radical (unpaired) electrons. The van der Waals surface area contributed by atoms with Gasteiger partial charge in [0, 0.05) is 42.0 Å². The van der Waals surface area contributed by atoms with Gasteiger partial charge in [-0.25, -0.2) is 0 Å². The van der Waals surface area contributed by atoms with E-state index in [1.165, 1.54) is 18.2 Å². The number of carbonyl (C=O) groups excluding carboxylic acids is 4. The second-order valence-corrected chi connectivity index (χ2v) is 10.3. The van der Waals surface area contributed by atoms with E-state index < -0.39 is 11.2 Å². The van der Waals surface area contributed by atoms with Crippen molar-refractivity contribution >= 4 is 40.4 Å². The zero-order chi connectivity index (χ0) is 29.9. The number of aromatic nitrogens is 1. The molecule has 0 saturated carbocycles. The van der Waals surface area contributed by atoms with E-state index in [1.54, 1.807) is 6.20 Å². The highest BCUT2D eigenvalue weighted by Crippen LogP contribution is 2.25. The lowest BCUT2D eigenvalue weighted by molar-refractivity contribution is -0.120. The van der Waals surface area contributed by atoms with E-state index in [1.807, 2.05) is 36.4 Å². The van der Waals surface area contributed by atoms with Gasteiger partial charge in [-0.15, -0.1) is 0 Å². The number of nitrogens with one attached hydrogen (secondary N) is 3. The Balaban J connectivity index is 1.12. The van der Waals surface area contributed by atoms with Gasteiger partial charge in [-0.2, -0.15) is 0 Å². The molecule has 14 heteroatoms. The lowest BCUT2D eigenvalue weighted by Gasteiger charge is -2.09. The summed E-state index contributed by atoms with van der Waals surface area (Å²) in [5.74, 6) is -0.650. The fourth-order valence-electron chi connectivity index (χ4n) is 3.99. The summed E-state index contributed by atoms with van der Waals surface area (Å²) in [4.78, 5) is 54.5. The molecule has 1 unspecified atom stereocenters. The molecule has 1 atom stereocenters. The molecule has 1 aromatic heterocycles. The molecular weight excluding hydrogens is 562 g/mol. The smallest absolute Gasteiger partial charge is 0.286 e. The van der Waals surface area contributed by atoms with Crippen LogP contribution in [0.4, 0.5) is 10.5 Å². The topological polar surface area (TPSA) is 195 Å². The Bertz CT molecular complexity index is 1510. The fraction of sp³-hybridized carbons (Fsp3) is 0.250. The quantitative estimate of drug-likeness (QED) is 0.101. The third-order valence-corrected chi connectivity index (χ3v) is 7.09. The minimum atomic E-state index is -0.525. The van der Waals surface area contributed by atoms with E-state index in [0.717, 1.165) is 28.6 Å². The summed E-state index contributed by atoms with van der Waals surface area (Å²) < 4.78 is 5.79. The van der Waals surface area contributed by atoms with Crippen molar-refractivity contribution in [3.05, 3.63) is 93.6 Å². The van der Waals surface area contributed by atoms with Crippen molar-refractivity contribution in [3.8, 4) is 11.5 Å². The van der Waals surface area contributed by atoms with Gasteiger partial charge >= 0.3 is 0 Å². The molecule has 1 aliphatic rings. The number of nitrogens with zero attached hydrogens (tertiary/aromatic N) is 4. The summed E-state index contributed by atoms with van der Waals surface area (Å²) in [6, 6.07) is 15.0. The standard InChI is InChI=1S/C28H27N7O6S/c29-35-34-20-5-8-22(23(36)15-20)26(38)31-11-10-30-25(37)14-18-1-4-19(32-16-18)9-12-41-21-6-2-17(3-7-21)13-24-27(39)33-28(40)42-24/h1-8,15-16,24,36H,9-14H2,(H,30,37)(H,31,38)(H,33,39,40). The maximum absolute atomic E-state index is 12.3. The van der Waals surface area contributed by atoms with Crippen molar-refractivity contribution in [2.45, 2.75) is 24.5 Å². The highest BCUT2D eigenvalue weighted by molar-refractivity contribution is 8.15. The Morgan fingerprint density at radius 1 is 1.07 bits per heavy atom. The Hall–Kier alpha value is -5.07. The summed E-state index contributed by atoms with van der Waals surface area (Å²) >= 11 is 1.00. The number of phenols is 1. The molecule has 4 N–H and O–H groups in total. The first-order valence-electron chi connectivity index (χ1n) is 12.9. The third kappa shape index (κ3) is 8.71. The molecule has 0 bridgehead atoms. The maximum atomic E-state index is 12.3. The number of rotatable bonds is 13. The lowest BCUT2D eigenvalue weighted by Crippen LogP contribution is -2.35. The Morgan fingerprint density at radius 2 is 1.83 bits per heavy atom. The number of pyridine rings is 1. The Labute approximate surface area is 244 Å². The van der Waals surface area contributed by atoms with E-state index in [4.69, 9.17) is 10.3 Å². The predicted molar refractivity (Wildman–Crippen MR) is 154 cm³/mol. The van der Waals surface area contributed by atoms with Crippen molar-refractivity contribution < 1.29 is 29.0 Å². The van der Waals surface area contributed by atoms with Gasteiger partial charge in [0.1, 0.15) is 11.5 Å². The normalized spacial score (nSPS) is 14.0. The average molecular weight is 590 g/mol. The molecule has 2 heterocycles. The number of phenolic OH excluding ortho intramolecular Hbond substituents is 1. The number of hydrogen-bond acceptors (Lipinski definition) is 9. The van der Waals surface area contributed by atoms with E-state index in [-0.39, 0.29) is 53.6 Å². The molecule has 0 spiro atoms. The van der Waals surface area contributed by atoms with Crippen LogP contribution < -0.4 is 20.7 Å². The third-order valence-electron chi connectivity index (χ3n) is 6.11. The molecule has 2 aromatic carbocycles. The van der Waals surface area contributed by atoms with Crippen molar-refractivity contribution in [2.75, 3.05) is 19.7 Å². The van der Waals surface area contributed by atoms with Gasteiger partial charge in [-0.05, 0) is 53.4 Å². The Kier molecular flexibility index (Phi) is 10.3. The second kappa shape index (κ2) is 14.5. The monoisotopic (exact) mass is 589 g/mol. The number of benzene rings is 2. The van der Waals surface area contributed by atoms with Crippen LogP contribution >= 0.6 is 11.8 Å². The van der Waals surface area contributed by atoms with Crippen molar-refractivity contribution in [3.63, 3.8) is 0 Å². The number of thioether (sulfide) groups is 1.